The molecule has 2 nitrogen and oxygen atoms in total. The Bertz CT molecular complexity index is 542. The first-order valence-corrected chi connectivity index (χ1v) is 7.24. The molecule has 100 valence electrons. The number of nitrogens with two attached hydrogens (primary N) is 1. The van der Waals surface area contributed by atoms with Gasteiger partial charge in [-0.3, -0.25) is 0 Å². The number of hydrogen-bond donors (Lipinski definition) is 1. The fourth-order valence-electron chi connectivity index (χ4n) is 1.85. The molecule has 0 aromatic heterocycles. The van der Waals surface area contributed by atoms with Crippen molar-refractivity contribution in [3.63, 3.8) is 0 Å². The zero-order chi connectivity index (χ0) is 13.7. The van der Waals surface area contributed by atoms with Crippen molar-refractivity contribution in [3.05, 3.63) is 58.6 Å². The summed E-state index contributed by atoms with van der Waals surface area (Å²) >= 11 is 3.44. The molecule has 0 aliphatic carbocycles. The molecule has 2 rings (SSSR count). The van der Waals surface area contributed by atoms with Crippen molar-refractivity contribution < 1.29 is 4.74 Å². The molecule has 3 heteroatoms. The van der Waals surface area contributed by atoms with Crippen molar-refractivity contribution >= 4 is 15.9 Å². The lowest BCUT2D eigenvalue weighted by molar-refractivity contribution is 0.481. The number of hydrogen-bond acceptors (Lipinski definition) is 2. The summed E-state index contributed by atoms with van der Waals surface area (Å²) in [5, 5.41) is 0. The average Bonchev–Trinajstić information content (AvgIpc) is 2.39. The Labute approximate surface area is 122 Å². The Morgan fingerprint density at radius 3 is 2.47 bits per heavy atom. The second kappa shape index (κ2) is 6.73. The molecule has 1 atom stereocenters. The summed E-state index contributed by atoms with van der Waals surface area (Å²) in [6.07, 6.45) is 1.86. The standard InChI is InChI=1S/C16H18BrNO/c1-2-14(18)9-12-5-3-7-15(10-12)19-16-8-4-6-13(17)11-16/h3-8,10-11,14H,2,9,18H2,1H3. The van der Waals surface area contributed by atoms with Crippen LogP contribution in [0, 0.1) is 0 Å². The van der Waals surface area contributed by atoms with Crippen LogP contribution in [0.25, 0.3) is 0 Å². The van der Waals surface area contributed by atoms with E-state index in [0.29, 0.717) is 0 Å². The smallest absolute Gasteiger partial charge is 0.128 e. The fraction of sp³-hybridized carbons (Fsp3) is 0.250. The monoisotopic (exact) mass is 319 g/mol. The average molecular weight is 320 g/mol. The summed E-state index contributed by atoms with van der Waals surface area (Å²) in [6.45, 7) is 2.10. The lowest BCUT2D eigenvalue weighted by Gasteiger charge is -2.11. The first-order valence-electron chi connectivity index (χ1n) is 6.45. The molecule has 0 aliphatic rings. The molecule has 2 aromatic rings. The van der Waals surface area contributed by atoms with Crippen molar-refractivity contribution in [1.82, 2.24) is 0 Å². The van der Waals surface area contributed by atoms with Gasteiger partial charge in [0.25, 0.3) is 0 Å². The largest absolute Gasteiger partial charge is 0.457 e. The van der Waals surface area contributed by atoms with Crippen LogP contribution in [-0.2, 0) is 6.42 Å². The van der Waals surface area contributed by atoms with Crippen molar-refractivity contribution in [3.8, 4) is 11.5 Å². The van der Waals surface area contributed by atoms with Crippen molar-refractivity contribution in [2.45, 2.75) is 25.8 Å². The van der Waals surface area contributed by atoms with Gasteiger partial charge in [-0.15, -0.1) is 0 Å². The molecule has 2 N–H and O–H groups in total. The molecule has 0 saturated heterocycles. The predicted octanol–water partition coefficient (Wildman–Crippen LogP) is 4.52. The molecule has 0 spiro atoms. The van der Waals surface area contributed by atoms with Crippen molar-refractivity contribution in [2.75, 3.05) is 0 Å². The van der Waals surface area contributed by atoms with Crippen LogP contribution in [0.15, 0.2) is 53.0 Å². The highest BCUT2D eigenvalue weighted by Gasteiger charge is 2.03. The first-order chi connectivity index (χ1) is 9.17. The predicted molar refractivity (Wildman–Crippen MR) is 82.6 cm³/mol. The van der Waals surface area contributed by atoms with E-state index in [1.807, 2.05) is 36.4 Å². The second-order valence-corrected chi connectivity index (χ2v) is 5.49. The number of benzene rings is 2. The van der Waals surface area contributed by atoms with Crippen LogP contribution in [0.5, 0.6) is 11.5 Å². The molecule has 1 unspecified atom stereocenters. The summed E-state index contributed by atoms with van der Waals surface area (Å²) in [5.74, 6) is 1.67. The SMILES string of the molecule is CCC(N)Cc1cccc(Oc2cccc(Br)c2)c1. The molecule has 0 heterocycles. The molecule has 0 amide bonds. The third-order valence-electron chi connectivity index (χ3n) is 2.95. The topological polar surface area (TPSA) is 35.2 Å². The van der Waals surface area contributed by atoms with E-state index in [4.69, 9.17) is 10.5 Å². The fourth-order valence-corrected chi connectivity index (χ4v) is 2.23. The lowest BCUT2D eigenvalue weighted by atomic mass is 10.0. The molecule has 0 saturated carbocycles. The maximum absolute atomic E-state index is 5.98. The minimum absolute atomic E-state index is 0.209. The molecule has 0 bridgehead atoms. The number of halogens is 1. The van der Waals surface area contributed by atoms with E-state index in [9.17, 15) is 0 Å². The molecular weight excluding hydrogens is 302 g/mol. The summed E-state index contributed by atoms with van der Waals surface area (Å²) in [7, 11) is 0. The highest BCUT2D eigenvalue weighted by molar-refractivity contribution is 9.10. The Morgan fingerprint density at radius 1 is 1.11 bits per heavy atom. The number of rotatable bonds is 5. The van der Waals surface area contributed by atoms with Crippen LogP contribution in [-0.4, -0.2) is 6.04 Å². The van der Waals surface area contributed by atoms with Gasteiger partial charge in [-0.05, 0) is 48.7 Å². The van der Waals surface area contributed by atoms with Gasteiger partial charge in [0.15, 0.2) is 0 Å². The van der Waals surface area contributed by atoms with Gasteiger partial charge in [0, 0.05) is 10.5 Å². The summed E-state index contributed by atoms with van der Waals surface area (Å²) in [4.78, 5) is 0. The van der Waals surface area contributed by atoms with E-state index in [0.717, 1.165) is 28.8 Å². The number of ether oxygens (including phenoxy) is 1. The summed E-state index contributed by atoms with van der Waals surface area (Å²) in [6, 6.07) is 16.1. The van der Waals surface area contributed by atoms with Crippen LogP contribution >= 0.6 is 15.9 Å². The third kappa shape index (κ3) is 4.37. The molecule has 0 radical (unpaired) electrons. The van der Waals surface area contributed by atoms with E-state index in [1.54, 1.807) is 0 Å². The van der Waals surface area contributed by atoms with Gasteiger partial charge in [-0.2, -0.15) is 0 Å². The zero-order valence-electron chi connectivity index (χ0n) is 11.0. The van der Waals surface area contributed by atoms with E-state index < -0.39 is 0 Å². The quantitative estimate of drug-likeness (QED) is 0.879. The van der Waals surface area contributed by atoms with E-state index >= 15 is 0 Å². The maximum atomic E-state index is 5.98. The Balaban J connectivity index is 2.10. The van der Waals surface area contributed by atoms with Crippen LogP contribution in [0.4, 0.5) is 0 Å². The van der Waals surface area contributed by atoms with Crippen molar-refractivity contribution in [2.24, 2.45) is 5.73 Å². The minimum Gasteiger partial charge on any atom is -0.457 e. The van der Waals surface area contributed by atoms with E-state index in [-0.39, 0.29) is 6.04 Å². The Morgan fingerprint density at radius 2 is 1.79 bits per heavy atom. The van der Waals surface area contributed by atoms with Gasteiger partial charge in [-0.1, -0.05) is 41.1 Å². The minimum atomic E-state index is 0.209. The molecule has 0 aliphatic heterocycles. The van der Waals surface area contributed by atoms with E-state index in [1.165, 1.54) is 5.56 Å². The van der Waals surface area contributed by atoms with Crippen LogP contribution in [0.3, 0.4) is 0 Å². The lowest BCUT2D eigenvalue weighted by Crippen LogP contribution is -2.21. The normalized spacial score (nSPS) is 12.2. The Kier molecular flexibility index (Phi) is 5.00. The Hall–Kier alpha value is -1.32. The highest BCUT2D eigenvalue weighted by atomic mass is 79.9. The van der Waals surface area contributed by atoms with Gasteiger partial charge in [-0.25, -0.2) is 0 Å². The van der Waals surface area contributed by atoms with Crippen LogP contribution < -0.4 is 10.5 Å². The van der Waals surface area contributed by atoms with Gasteiger partial charge < -0.3 is 10.5 Å². The molecule has 2 aromatic carbocycles. The molecule has 0 fully saturated rings. The van der Waals surface area contributed by atoms with Gasteiger partial charge >= 0.3 is 0 Å². The second-order valence-electron chi connectivity index (χ2n) is 4.58. The van der Waals surface area contributed by atoms with Crippen LogP contribution in [0.1, 0.15) is 18.9 Å². The first kappa shape index (κ1) is 14.1. The van der Waals surface area contributed by atoms with Gasteiger partial charge in [0.2, 0.25) is 0 Å². The third-order valence-corrected chi connectivity index (χ3v) is 3.45. The molecular formula is C16H18BrNO. The van der Waals surface area contributed by atoms with Crippen LogP contribution in [0.2, 0.25) is 0 Å². The molecule has 19 heavy (non-hydrogen) atoms. The summed E-state index contributed by atoms with van der Waals surface area (Å²) in [5.41, 5.74) is 7.19. The van der Waals surface area contributed by atoms with Crippen molar-refractivity contribution in [1.29, 1.82) is 0 Å². The maximum Gasteiger partial charge on any atom is 0.128 e. The summed E-state index contributed by atoms with van der Waals surface area (Å²) < 4.78 is 6.85. The van der Waals surface area contributed by atoms with Gasteiger partial charge in [0.1, 0.15) is 11.5 Å². The van der Waals surface area contributed by atoms with E-state index in [2.05, 4.69) is 35.0 Å². The zero-order valence-corrected chi connectivity index (χ0v) is 12.6. The highest BCUT2D eigenvalue weighted by Crippen LogP contribution is 2.25. The van der Waals surface area contributed by atoms with Gasteiger partial charge in [0.05, 0.1) is 0 Å².